The standard InChI is InChI=1S/C21H28N2O2S/c1-20(2)18(13-8-10-23(20)11-9-13)22-19(24)16-12-14-6-5-7-15(17(14)26-16)21(3,4)25/h5-7,12-13,18,25H,8-11H2,1-4H3,(H,22,24)/t18-/m1/s1. The Morgan fingerprint density at radius 3 is 2.62 bits per heavy atom. The van der Waals surface area contributed by atoms with Gasteiger partial charge in [0.15, 0.2) is 0 Å². The van der Waals surface area contributed by atoms with Gasteiger partial charge >= 0.3 is 0 Å². The molecule has 1 aromatic carbocycles. The fraction of sp³-hybridized carbons (Fsp3) is 0.571. The van der Waals surface area contributed by atoms with Gasteiger partial charge in [-0.05, 0) is 71.0 Å². The topological polar surface area (TPSA) is 52.6 Å². The number of hydrogen-bond donors (Lipinski definition) is 2. The number of thiophene rings is 1. The van der Waals surface area contributed by atoms with Crippen molar-refractivity contribution in [2.75, 3.05) is 13.1 Å². The molecule has 2 bridgehead atoms. The lowest BCUT2D eigenvalue weighted by atomic mass is 9.72. The molecule has 2 N–H and O–H groups in total. The Balaban J connectivity index is 1.63. The quantitative estimate of drug-likeness (QED) is 0.863. The summed E-state index contributed by atoms with van der Waals surface area (Å²) < 4.78 is 0.998. The number of hydrogen-bond acceptors (Lipinski definition) is 4. The van der Waals surface area contributed by atoms with E-state index in [1.165, 1.54) is 24.2 Å². The molecule has 5 heteroatoms. The minimum Gasteiger partial charge on any atom is -0.386 e. The van der Waals surface area contributed by atoms with Crippen molar-refractivity contribution >= 4 is 27.3 Å². The van der Waals surface area contributed by atoms with Crippen LogP contribution >= 0.6 is 11.3 Å². The molecule has 3 saturated heterocycles. The first kappa shape index (κ1) is 18.0. The van der Waals surface area contributed by atoms with E-state index in [9.17, 15) is 9.90 Å². The number of aliphatic hydroxyl groups is 1. The molecular weight excluding hydrogens is 344 g/mol. The van der Waals surface area contributed by atoms with Crippen LogP contribution in [0.1, 0.15) is 55.8 Å². The molecule has 0 aliphatic carbocycles. The van der Waals surface area contributed by atoms with Crippen molar-refractivity contribution in [3.05, 3.63) is 34.7 Å². The summed E-state index contributed by atoms with van der Waals surface area (Å²) in [5.41, 5.74) is -0.0380. The first-order chi connectivity index (χ1) is 12.2. The lowest BCUT2D eigenvalue weighted by Crippen LogP contribution is -2.69. The Labute approximate surface area is 159 Å². The minimum absolute atomic E-state index is 0.00571. The number of amides is 1. The second kappa shape index (κ2) is 6.04. The molecule has 0 radical (unpaired) electrons. The van der Waals surface area contributed by atoms with Crippen LogP contribution in [-0.4, -0.2) is 40.6 Å². The highest BCUT2D eigenvalue weighted by Crippen LogP contribution is 2.40. The first-order valence-corrected chi connectivity index (χ1v) is 10.3. The fourth-order valence-electron chi connectivity index (χ4n) is 4.75. The molecule has 0 saturated carbocycles. The molecule has 4 heterocycles. The summed E-state index contributed by atoms with van der Waals surface area (Å²) in [4.78, 5) is 16.3. The number of nitrogens with one attached hydrogen (secondary N) is 1. The summed E-state index contributed by atoms with van der Waals surface area (Å²) >= 11 is 1.48. The summed E-state index contributed by atoms with van der Waals surface area (Å²) in [6, 6.07) is 8.04. The smallest absolute Gasteiger partial charge is 0.261 e. The number of carbonyl (C=O) groups is 1. The van der Waals surface area contributed by atoms with Crippen LogP contribution in [0.2, 0.25) is 0 Å². The lowest BCUT2D eigenvalue weighted by molar-refractivity contribution is -0.0377. The van der Waals surface area contributed by atoms with Crippen molar-refractivity contribution < 1.29 is 9.90 Å². The average molecular weight is 373 g/mol. The summed E-state index contributed by atoms with van der Waals surface area (Å²) in [6.07, 6.45) is 2.34. The molecule has 2 aromatic rings. The molecule has 0 unspecified atom stereocenters. The van der Waals surface area contributed by atoms with E-state index in [1.54, 1.807) is 13.8 Å². The molecular formula is C21H28N2O2S. The molecule has 3 fully saturated rings. The third-order valence-electron chi connectivity index (χ3n) is 6.30. The molecule has 1 atom stereocenters. The SMILES string of the molecule is CC(C)(O)c1cccc2cc(C(=O)N[C@@H]3C4CCN(CC4)C3(C)C)sc12. The predicted octanol–water partition coefficient (Wildman–Crippen LogP) is 3.73. The normalized spacial score (nSPS) is 27.7. The van der Waals surface area contributed by atoms with Crippen LogP contribution in [0.4, 0.5) is 0 Å². The van der Waals surface area contributed by atoms with Gasteiger partial charge in [-0.2, -0.15) is 0 Å². The number of rotatable bonds is 3. The number of fused-ring (bicyclic) bond motifs is 4. The lowest BCUT2D eigenvalue weighted by Gasteiger charge is -2.56. The predicted molar refractivity (Wildman–Crippen MR) is 107 cm³/mol. The van der Waals surface area contributed by atoms with Crippen LogP contribution in [0.25, 0.3) is 10.1 Å². The molecule has 26 heavy (non-hydrogen) atoms. The number of carbonyl (C=O) groups excluding carboxylic acids is 1. The molecule has 140 valence electrons. The van der Waals surface area contributed by atoms with Crippen LogP contribution in [0.15, 0.2) is 24.3 Å². The monoisotopic (exact) mass is 372 g/mol. The van der Waals surface area contributed by atoms with Gasteiger partial charge in [-0.1, -0.05) is 18.2 Å². The van der Waals surface area contributed by atoms with Crippen molar-refractivity contribution in [1.29, 1.82) is 0 Å². The maximum absolute atomic E-state index is 13.0. The van der Waals surface area contributed by atoms with Crippen molar-refractivity contribution in [3.63, 3.8) is 0 Å². The molecule has 1 amide bonds. The maximum atomic E-state index is 13.0. The second-order valence-electron chi connectivity index (χ2n) is 8.82. The van der Waals surface area contributed by atoms with Gasteiger partial charge in [-0.25, -0.2) is 0 Å². The molecule has 1 aromatic heterocycles. The Hall–Kier alpha value is -1.43. The fourth-order valence-corrected chi connectivity index (χ4v) is 5.98. The summed E-state index contributed by atoms with van der Waals surface area (Å²) in [6.45, 7) is 10.4. The van der Waals surface area contributed by atoms with Gasteiger partial charge < -0.3 is 10.4 Å². The summed E-state index contributed by atoms with van der Waals surface area (Å²) in [5, 5.41) is 14.8. The third-order valence-corrected chi connectivity index (χ3v) is 7.48. The zero-order chi connectivity index (χ0) is 18.7. The van der Waals surface area contributed by atoms with Crippen molar-refractivity contribution in [3.8, 4) is 0 Å². The van der Waals surface area contributed by atoms with Crippen LogP contribution in [0.5, 0.6) is 0 Å². The number of nitrogens with zero attached hydrogens (tertiary/aromatic N) is 1. The summed E-state index contributed by atoms with van der Waals surface area (Å²) in [7, 11) is 0. The molecule has 4 nitrogen and oxygen atoms in total. The van der Waals surface area contributed by atoms with Gasteiger partial charge in [0.1, 0.15) is 0 Å². The van der Waals surface area contributed by atoms with E-state index in [1.807, 2.05) is 24.3 Å². The van der Waals surface area contributed by atoms with Crippen molar-refractivity contribution in [1.82, 2.24) is 10.2 Å². The van der Waals surface area contributed by atoms with E-state index in [0.717, 1.165) is 33.6 Å². The Bertz CT molecular complexity index is 841. The average Bonchev–Trinajstić information content (AvgIpc) is 3.01. The highest BCUT2D eigenvalue weighted by molar-refractivity contribution is 7.21. The number of benzene rings is 1. The highest BCUT2D eigenvalue weighted by atomic mass is 32.1. The van der Waals surface area contributed by atoms with Crippen molar-refractivity contribution in [2.24, 2.45) is 5.92 Å². The molecule has 5 rings (SSSR count). The van der Waals surface area contributed by atoms with Crippen LogP contribution in [0.3, 0.4) is 0 Å². The van der Waals surface area contributed by atoms with Gasteiger partial charge in [0.05, 0.1) is 10.5 Å². The van der Waals surface area contributed by atoms with Gasteiger partial charge in [0.25, 0.3) is 5.91 Å². The van der Waals surface area contributed by atoms with E-state index in [2.05, 4.69) is 24.1 Å². The van der Waals surface area contributed by atoms with Gasteiger partial charge in [-0.15, -0.1) is 11.3 Å². The maximum Gasteiger partial charge on any atom is 0.261 e. The Kier molecular flexibility index (Phi) is 4.17. The van der Waals surface area contributed by atoms with E-state index in [-0.39, 0.29) is 17.5 Å². The van der Waals surface area contributed by atoms with E-state index < -0.39 is 5.60 Å². The zero-order valence-electron chi connectivity index (χ0n) is 16.0. The zero-order valence-corrected chi connectivity index (χ0v) is 16.8. The first-order valence-electron chi connectivity index (χ1n) is 9.49. The van der Waals surface area contributed by atoms with Gasteiger partial charge in [-0.3, -0.25) is 9.69 Å². The van der Waals surface area contributed by atoms with Gasteiger partial charge in [0, 0.05) is 21.8 Å². The highest BCUT2D eigenvalue weighted by Gasteiger charge is 2.48. The Morgan fingerprint density at radius 2 is 2.00 bits per heavy atom. The number of piperidine rings is 3. The van der Waals surface area contributed by atoms with Crippen LogP contribution < -0.4 is 5.32 Å². The van der Waals surface area contributed by atoms with E-state index >= 15 is 0 Å². The third kappa shape index (κ3) is 2.86. The van der Waals surface area contributed by atoms with E-state index in [4.69, 9.17) is 0 Å². The molecule has 3 aliphatic heterocycles. The second-order valence-corrected chi connectivity index (χ2v) is 9.88. The van der Waals surface area contributed by atoms with Crippen LogP contribution in [0, 0.1) is 5.92 Å². The largest absolute Gasteiger partial charge is 0.386 e. The van der Waals surface area contributed by atoms with E-state index in [0.29, 0.717) is 5.92 Å². The van der Waals surface area contributed by atoms with Gasteiger partial charge in [0.2, 0.25) is 0 Å². The van der Waals surface area contributed by atoms with Crippen molar-refractivity contribution in [2.45, 2.75) is 57.7 Å². The minimum atomic E-state index is -0.921. The van der Waals surface area contributed by atoms with Crippen LogP contribution in [-0.2, 0) is 5.60 Å². The summed E-state index contributed by atoms with van der Waals surface area (Å²) in [5.74, 6) is 0.583. The molecule has 0 spiro atoms. The Morgan fingerprint density at radius 1 is 1.31 bits per heavy atom. The molecule has 3 aliphatic rings.